The van der Waals surface area contributed by atoms with Crippen LogP contribution in [-0.4, -0.2) is 43.5 Å². The number of carbonyl (C=O) groups is 1. The zero-order valence-corrected chi connectivity index (χ0v) is 18.5. The number of carbonyl (C=O) groups excluding carboxylic acids is 1. The molecule has 0 N–H and O–H groups in total. The molecule has 1 aromatic carbocycles. The van der Waals surface area contributed by atoms with Crippen LogP contribution in [0.2, 0.25) is 0 Å². The van der Waals surface area contributed by atoms with Gasteiger partial charge in [-0.1, -0.05) is 12.1 Å². The van der Waals surface area contributed by atoms with E-state index in [1.807, 2.05) is 31.2 Å². The first-order valence-corrected chi connectivity index (χ1v) is 10.5. The number of fused-ring (bicyclic) bond motifs is 1. The van der Waals surface area contributed by atoms with Gasteiger partial charge in [-0.3, -0.25) is 14.2 Å². The Morgan fingerprint density at radius 1 is 1.23 bits per heavy atom. The van der Waals surface area contributed by atoms with Crippen LogP contribution in [0.3, 0.4) is 0 Å². The number of hydrogen-bond acceptors (Lipinski definition) is 7. The molecule has 3 aromatic rings. The van der Waals surface area contributed by atoms with Crippen molar-refractivity contribution in [1.29, 1.82) is 0 Å². The number of hydrogen-bond donors (Lipinski definition) is 0. The van der Waals surface area contributed by atoms with Crippen molar-refractivity contribution >= 4 is 27.5 Å². The fourth-order valence-corrected chi connectivity index (χ4v) is 4.52. The molecule has 3 rings (SSSR count). The first-order valence-electron chi connectivity index (χ1n) is 9.73. The summed E-state index contributed by atoms with van der Waals surface area (Å²) in [5.41, 5.74) is 1.70. The molecule has 0 saturated carbocycles. The summed E-state index contributed by atoms with van der Waals surface area (Å²) in [6.07, 6.45) is 1.26. The highest BCUT2D eigenvalue weighted by molar-refractivity contribution is 7.19. The molecule has 0 aliphatic rings. The standard InChI is InChI=1S/C22H26N2O5S/c1-14-19(15-7-5-8-16(13-15)28-3)20-21(30-14)23-17(10-12-27-2)24(22(20)26)11-6-9-18(25)29-4/h5,7-8,13H,6,9-12H2,1-4H3. The van der Waals surface area contributed by atoms with Crippen molar-refractivity contribution < 1.29 is 19.0 Å². The van der Waals surface area contributed by atoms with Crippen LogP contribution in [0.15, 0.2) is 29.1 Å². The van der Waals surface area contributed by atoms with Gasteiger partial charge in [-0.05, 0) is 31.0 Å². The van der Waals surface area contributed by atoms with E-state index in [9.17, 15) is 9.59 Å². The van der Waals surface area contributed by atoms with Crippen molar-refractivity contribution in [1.82, 2.24) is 9.55 Å². The van der Waals surface area contributed by atoms with E-state index in [0.29, 0.717) is 42.0 Å². The van der Waals surface area contributed by atoms with Crippen molar-refractivity contribution in [2.75, 3.05) is 27.9 Å². The van der Waals surface area contributed by atoms with Gasteiger partial charge in [0.25, 0.3) is 5.56 Å². The summed E-state index contributed by atoms with van der Waals surface area (Å²) in [5, 5.41) is 0.602. The number of nitrogens with zero attached hydrogens (tertiary/aromatic N) is 2. The monoisotopic (exact) mass is 430 g/mol. The van der Waals surface area contributed by atoms with Gasteiger partial charge in [-0.2, -0.15) is 0 Å². The Morgan fingerprint density at radius 3 is 2.73 bits per heavy atom. The average molecular weight is 431 g/mol. The first kappa shape index (κ1) is 22.0. The molecular weight excluding hydrogens is 404 g/mol. The van der Waals surface area contributed by atoms with Crippen molar-refractivity contribution in [3.8, 4) is 16.9 Å². The highest BCUT2D eigenvalue weighted by Gasteiger charge is 2.20. The lowest BCUT2D eigenvalue weighted by Crippen LogP contribution is -2.26. The fraction of sp³-hybridized carbons (Fsp3) is 0.409. The zero-order chi connectivity index (χ0) is 21.7. The van der Waals surface area contributed by atoms with E-state index in [-0.39, 0.29) is 17.9 Å². The fourth-order valence-electron chi connectivity index (χ4n) is 3.46. The lowest BCUT2D eigenvalue weighted by molar-refractivity contribution is -0.140. The third-order valence-corrected chi connectivity index (χ3v) is 5.94. The second-order valence-corrected chi connectivity index (χ2v) is 8.06. The maximum atomic E-state index is 13.6. The second kappa shape index (κ2) is 9.86. The summed E-state index contributed by atoms with van der Waals surface area (Å²) in [4.78, 5) is 31.6. The number of esters is 1. The van der Waals surface area contributed by atoms with E-state index in [1.165, 1.54) is 18.4 Å². The van der Waals surface area contributed by atoms with E-state index < -0.39 is 0 Å². The third kappa shape index (κ3) is 4.55. The minimum absolute atomic E-state index is 0.0989. The Balaban J connectivity index is 2.13. The maximum Gasteiger partial charge on any atom is 0.305 e. The van der Waals surface area contributed by atoms with Gasteiger partial charge in [0.2, 0.25) is 0 Å². The van der Waals surface area contributed by atoms with Crippen LogP contribution in [0, 0.1) is 6.92 Å². The molecule has 0 amide bonds. The quantitative estimate of drug-likeness (QED) is 0.483. The molecule has 2 aromatic heterocycles. The van der Waals surface area contributed by atoms with Gasteiger partial charge in [0, 0.05) is 36.9 Å². The molecule has 8 heteroatoms. The van der Waals surface area contributed by atoms with E-state index in [4.69, 9.17) is 19.2 Å². The van der Waals surface area contributed by atoms with Crippen LogP contribution in [0.4, 0.5) is 0 Å². The van der Waals surface area contributed by atoms with Gasteiger partial charge in [0.15, 0.2) is 0 Å². The molecule has 2 heterocycles. The largest absolute Gasteiger partial charge is 0.497 e. The molecule has 0 spiro atoms. The minimum Gasteiger partial charge on any atom is -0.497 e. The van der Waals surface area contributed by atoms with Crippen molar-refractivity contribution in [2.45, 2.75) is 32.7 Å². The molecule has 0 aliphatic carbocycles. The van der Waals surface area contributed by atoms with E-state index in [1.54, 1.807) is 18.8 Å². The van der Waals surface area contributed by atoms with Crippen LogP contribution >= 0.6 is 11.3 Å². The van der Waals surface area contributed by atoms with Gasteiger partial charge in [0.1, 0.15) is 16.4 Å². The van der Waals surface area contributed by atoms with Gasteiger partial charge in [0.05, 0.1) is 26.2 Å². The predicted octanol–water partition coefficient (Wildman–Crippen LogP) is 3.58. The lowest BCUT2D eigenvalue weighted by atomic mass is 10.0. The lowest BCUT2D eigenvalue weighted by Gasteiger charge is -2.13. The van der Waals surface area contributed by atoms with Gasteiger partial charge in [-0.25, -0.2) is 4.98 Å². The minimum atomic E-state index is -0.293. The summed E-state index contributed by atoms with van der Waals surface area (Å²) in [6.45, 7) is 2.85. The molecule has 0 atom stereocenters. The molecule has 7 nitrogen and oxygen atoms in total. The second-order valence-electron chi connectivity index (χ2n) is 6.85. The number of methoxy groups -OCH3 is 3. The van der Waals surface area contributed by atoms with Gasteiger partial charge >= 0.3 is 5.97 Å². The van der Waals surface area contributed by atoms with Crippen molar-refractivity contribution in [3.63, 3.8) is 0 Å². The van der Waals surface area contributed by atoms with Crippen molar-refractivity contribution in [3.05, 3.63) is 45.3 Å². The molecule has 0 bridgehead atoms. The Kier molecular flexibility index (Phi) is 7.23. The Labute approximate surface area is 179 Å². The summed E-state index contributed by atoms with van der Waals surface area (Å²) < 4.78 is 16.9. The van der Waals surface area contributed by atoms with E-state index in [0.717, 1.165) is 21.8 Å². The summed E-state index contributed by atoms with van der Waals surface area (Å²) >= 11 is 1.51. The Morgan fingerprint density at radius 2 is 2.03 bits per heavy atom. The normalized spacial score (nSPS) is 11.1. The number of aryl methyl sites for hydroxylation is 1. The first-order chi connectivity index (χ1) is 14.5. The van der Waals surface area contributed by atoms with Crippen molar-refractivity contribution in [2.24, 2.45) is 0 Å². The topological polar surface area (TPSA) is 79.7 Å². The maximum absolute atomic E-state index is 13.6. The SMILES string of the molecule is COCCc1nc2sc(C)c(-c3cccc(OC)c3)c2c(=O)n1CCCC(=O)OC. The number of aromatic nitrogens is 2. The van der Waals surface area contributed by atoms with Crippen LogP contribution in [0.25, 0.3) is 21.3 Å². The van der Waals surface area contributed by atoms with E-state index in [2.05, 4.69) is 0 Å². The number of thiophene rings is 1. The van der Waals surface area contributed by atoms with Crippen LogP contribution in [0.5, 0.6) is 5.75 Å². The molecule has 160 valence electrons. The number of ether oxygens (including phenoxy) is 3. The molecule has 0 saturated heterocycles. The summed E-state index contributed by atoms with van der Waals surface area (Å²) in [7, 11) is 4.60. The zero-order valence-electron chi connectivity index (χ0n) is 17.7. The van der Waals surface area contributed by atoms with Gasteiger partial charge in [-0.15, -0.1) is 11.3 Å². The molecule has 0 fully saturated rings. The molecule has 0 radical (unpaired) electrons. The Hall–Kier alpha value is -2.71. The van der Waals surface area contributed by atoms with E-state index >= 15 is 0 Å². The molecule has 0 aliphatic heterocycles. The van der Waals surface area contributed by atoms with Crippen LogP contribution in [-0.2, 0) is 27.2 Å². The number of rotatable bonds is 9. The molecular formula is C22H26N2O5S. The summed E-state index contributed by atoms with van der Waals surface area (Å²) in [6, 6.07) is 7.68. The van der Waals surface area contributed by atoms with Gasteiger partial charge < -0.3 is 14.2 Å². The van der Waals surface area contributed by atoms with Crippen LogP contribution < -0.4 is 10.3 Å². The average Bonchev–Trinajstić information content (AvgIpc) is 3.09. The number of benzene rings is 1. The Bertz CT molecular complexity index is 1100. The predicted molar refractivity (Wildman–Crippen MR) is 117 cm³/mol. The third-order valence-electron chi connectivity index (χ3n) is 4.95. The summed E-state index contributed by atoms with van der Waals surface area (Å²) in [5.74, 6) is 1.10. The molecule has 30 heavy (non-hydrogen) atoms. The van der Waals surface area contributed by atoms with Crippen LogP contribution in [0.1, 0.15) is 23.5 Å². The highest BCUT2D eigenvalue weighted by Crippen LogP contribution is 2.37. The highest BCUT2D eigenvalue weighted by atomic mass is 32.1. The molecule has 0 unspecified atom stereocenters. The smallest absolute Gasteiger partial charge is 0.305 e.